The highest BCUT2D eigenvalue weighted by Gasteiger charge is 2.62. The number of urea groups is 1. The number of benzene rings is 1. The number of fused-ring (bicyclic) bond motifs is 2. The number of nitrogens with one attached hydrogen (secondary N) is 3. The van der Waals surface area contributed by atoms with E-state index in [2.05, 4.69) is 34.3 Å². The summed E-state index contributed by atoms with van der Waals surface area (Å²) in [6.45, 7) is 9.05. The topological polar surface area (TPSA) is 174 Å². The number of carbonyl (C=O) groups is 3. The smallest absolute Gasteiger partial charge is 0.317 e. The van der Waals surface area contributed by atoms with Gasteiger partial charge < -0.3 is 25.0 Å². The van der Waals surface area contributed by atoms with Gasteiger partial charge in [-0.25, -0.2) is 18.2 Å². The fourth-order valence-corrected chi connectivity index (χ4v) is 8.01. The number of carbonyl (C=O) groups excluding carboxylic acids is 3. The van der Waals surface area contributed by atoms with Crippen LogP contribution in [0.25, 0.3) is 22.2 Å². The lowest BCUT2D eigenvalue weighted by molar-refractivity contribution is -0.130. The number of sulfonamides is 1. The minimum absolute atomic E-state index is 0.0214. The van der Waals surface area contributed by atoms with Gasteiger partial charge in [0.15, 0.2) is 0 Å². The van der Waals surface area contributed by atoms with Gasteiger partial charge in [-0.2, -0.15) is 5.10 Å². The van der Waals surface area contributed by atoms with Crippen LogP contribution in [0.3, 0.4) is 0 Å². The Bertz CT molecular complexity index is 2020. The van der Waals surface area contributed by atoms with Crippen LogP contribution in [0.2, 0.25) is 0 Å². The number of ether oxygens (including phenoxy) is 2. The molecule has 53 heavy (non-hydrogen) atoms. The molecule has 15 heteroatoms. The summed E-state index contributed by atoms with van der Waals surface area (Å²) in [6.07, 6.45) is 11.1. The standard InChI is InChI=1S/C38H51N7O7S/c1-24(2)22-45-23-26(21-39-45)30-19-32(28-12-13-31(51-6)25(3)33(28)40-30)52-18-14-29-34(46)42-38(35(47)43-53(49,50)37(4)15-16-37)20-27(38)11-9-7-8-10-17-44(5)36(48)41-29/h9,11-13,19,21,23-24,27,29H,7-8,10,14-18,20,22H2,1-6H3,(H,41,48)(H,42,46)(H,43,47)/t27-,29+,38-/m1/s1. The first-order chi connectivity index (χ1) is 25.2. The van der Waals surface area contributed by atoms with Crippen molar-refractivity contribution in [2.45, 2.75) is 95.5 Å². The zero-order valence-corrected chi connectivity index (χ0v) is 32.2. The van der Waals surface area contributed by atoms with Crippen LogP contribution < -0.4 is 24.8 Å². The maximum Gasteiger partial charge on any atom is 0.317 e. The zero-order chi connectivity index (χ0) is 38.1. The number of methoxy groups -OCH3 is 1. The summed E-state index contributed by atoms with van der Waals surface area (Å²) in [5.74, 6) is -0.148. The predicted molar refractivity (Wildman–Crippen MR) is 201 cm³/mol. The number of aromatic nitrogens is 3. The Morgan fingerprint density at radius 2 is 1.94 bits per heavy atom. The van der Waals surface area contributed by atoms with Gasteiger partial charge in [0, 0.05) is 61.3 Å². The highest BCUT2D eigenvalue weighted by molar-refractivity contribution is 7.91. The van der Waals surface area contributed by atoms with Crippen molar-refractivity contribution in [1.82, 2.24) is 35.0 Å². The molecule has 3 atom stereocenters. The number of amides is 4. The molecule has 3 N–H and O–H groups in total. The van der Waals surface area contributed by atoms with Crippen molar-refractivity contribution in [2.24, 2.45) is 11.8 Å². The lowest BCUT2D eigenvalue weighted by Crippen LogP contribution is -2.58. The first kappa shape index (κ1) is 38.1. The largest absolute Gasteiger partial charge is 0.496 e. The molecule has 2 fully saturated rings. The van der Waals surface area contributed by atoms with E-state index < -0.39 is 50.1 Å². The predicted octanol–water partition coefficient (Wildman–Crippen LogP) is 4.46. The fourth-order valence-electron chi connectivity index (χ4n) is 6.70. The Morgan fingerprint density at radius 3 is 2.66 bits per heavy atom. The van der Waals surface area contributed by atoms with E-state index in [1.165, 1.54) is 4.90 Å². The quantitative estimate of drug-likeness (QED) is 0.239. The van der Waals surface area contributed by atoms with Gasteiger partial charge in [0.25, 0.3) is 5.91 Å². The molecule has 2 aliphatic carbocycles. The number of nitrogens with zero attached hydrogens (tertiary/aromatic N) is 4. The van der Waals surface area contributed by atoms with Crippen LogP contribution in [0, 0.1) is 18.8 Å². The molecule has 1 aromatic carbocycles. The number of aryl methyl sites for hydroxylation is 1. The second-order valence-electron chi connectivity index (χ2n) is 15.3. The normalized spacial score (nSPS) is 23.1. The molecule has 2 aromatic heterocycles. The van der Waals surface area contributed by atoms with E-state index in [1.807, 2.05) is 48.2 Å². The summed E-state index contributed by atoms with van der Waals surface area (Å²) in [6, 6.07) is 4.03. The first-order valence-corrected chi connectivity index (χ1v) is 19.9. The molecular weight excluding hydrogens is 699 g/mol. The van der Waals surface area contributed by atoms with Gasteiger partial charge in [0.05, 0.1) is 35.9 Å². The Balaban J connectivity index is 1.27. The van der Waals surface area contributed by atoms with E-state index in [0.29, 0.717) is 48.0 Å². The number of pyridine rings is 1. The van der Waals surface area contributed by atoms with Gasteiger partial charge in [-0.1, -0.05) is 26.0 Å². The van der Waals surface area contributed by atoms with E-state index >= 15 is 0 Å². The van der Waals surface area contributed by atoms with E-state index in [1.54, 1.807) is 27.3 Å². The first-order valence-electron chi connectivity index (χ1n) is 18.4. The van der Waals surface area contributed by atoms with Crippen molar-refractivity contribution in [2.75, 3.05) is 27.3 Å². The van der Waals surface area contributed by atoms with Crippen molar-refractivity contribution < 1.29 is 32.3 Å². The number of hydrogen-bond donors (Lipinski definition) is 3. The monoisotopic (exact) mass is 749 g/mol. The second-order valence-corrected chi connectivity index (χ2v) is 17.5. The molecule has 3 aliphatic rings. The van der Waals surface area contributed by atoms with Crippen LogP contribution in [-0.4, -0.2) is 89.6 Å². The third kappa shape index (κ3) is 8.14. The zero-order valence-electron chi connectivity index (χ0n) is 31.4. The van der Waals surface area contributed by atoms with Crippen molar-refractivity contribution in [3.05, 3.63) is 48.3 Å². The van der Waals surface area contributed by atoms with Crippen molar-refractivity contribution in [1.29, 1.82) is 0 Å². The third-order valence-corrected chi connectivity index (χ3v) is 12.7. The average Bonchev–Trinajstić information content (AvgIpc) is 3.98. The molecule has 14 nitrogen and oxygen atoms in total. The van der Waals surface area contributed by atoms with Crippen LogP contribution in [0.4, 0.5) is 4.79 Å². The van der Waals surface area contributed by atoms with E-state index in [-0.39, 0.29) is 19.4 Å². The molecule has 2 saturated carbocycles. The van der Waals surface area contributed by atoms with Gasteiger partial charge in [-0.3, -0.25) is 19.0 Å². The molecule has 3 aromatic rings. The molecule has 3 heterocycles. The van der Waals surface area contributed by atoms with Gasteiger partial charge in [0.2, 0.25) is 15.9 Å². The fraction of sp³-hybridized carbons (Fsp3) is 0.553. The summed E-state index contributed by atoms with van der Waals surface area (Å²) in [5.41, 5.74) is 1.53. The molecule has 0 saturated heterocycles. The van der Waals surface area contributed by atoms with Crippen molar-refractivity contribution >= 4 is 38.8 Å². The Morgan fingerprint density at radius 1 is 1.17 bits per heavy atom. The van der Waals surface area contributed by atoms with Crippen LogP contribution in [0.15, 0.2) is 42.7 Å². The minimum Gasteiger partial charge on any atom is -0.496 e. The third-order valence-electron chi connectivity index (χ3n) is 10.6. The number of rotatable bonds is 11. The second kappa shape index (κ2) is 15.0. The molecule has 1 aliphatic heterocycles. The highest BCUT2D eigenvalue weighted by atomic mass is 32.2. The molecule has 0 unspecified atom stereocenters. The van der Waals surface area contributed by atoms with E-state index in [0.717, 1.165) is 42.3 Å². The molecule has 4 amide bonds. The van der Waals surface area contributed by atoms with Gasteiger partial charge in [0.1, 0.15) is 23.1 Å². The summed E-state index contributed by atoms with van der Waals surface area (Å²) in [4.78, 5) is 47.5. The average molecular weight is 750 g/mol. The van der Waals surface area contributed by atoms with E-state index in [9.17, 15) is 22.8 Å². The van der Waals surface area contributed by atoms with E-state index in [4.69, 9.17) is 14.5 Å². The van der Waals surface area contributed by atoms with Gasteiger partial charge in [-0.05, 0) is 70.4 Å². The SMILES string of the molecule is COc1ccc2c(OCC[C@@H]3NC(=O)N(C)CCCCC=C[C@@H]4C[C@@]4(C(=O)NS(=O)(=O)C4(C)CC4)NC3=O)cc(-c3cnn(CC(C)C)c3)nc2c1C. The maximum atomic E-state index is 14.1. The number of hydrogen-bond acceptors (Lipinski definition) is 9. The van der Waals surface area contributed by atoms with Crippen molar-refractivity contribution in [3.63, 3.8) is 0 Å². The van der Waals surface area contributed by atoms with Gasteiger partial charge >= 0.3 is 6.03 Å². The summed E-state index contributed by atoms with van der Waals surface area (Å²) in [5, 5.41) is 11.0. The highest BCUT2D eigenvalue weighted by Crippen LogP contribution is 2.47. The summed E-state index contributed by atoms with van der Waals surface area (Å²) >= 11 is 0. The molecule has 6 rings (SSSR count). The lowest BCUT2D eigenvalue weighted by Gasteiger charge is -2.26. The van der Waals surface area contributed by atoms with Crippen LogP contribution in [0.5, 0.6) is 11.5 Å². The molecule has 286 valence electrons. The molecule has 0 bridgehead atoms. The van der Waals surface area contributed by atoms with Crippen LogP contribution in [-0.2, 0) is 26.2 Å². The lowest BCUT2D eigenvalue weighted by atomic mass is 10.1. The molecule has 0 radical (unpaired) electrons. The number of allylic oxidation sites excluding steroid dienone is 1. The Hall–Kier alpha value is -4.66. The minimum atomic E-state index is -3.94. The molecular formula is C38H51N7O7S. The summed E-state index contributed by atoms with van der Waals surface area (Å²) in [7, 11) is -0.668. The van der Waals surface area contributed by atoms with Gasteiger partial charge in [-0.15, -0.1) is 0 Å². The van der Waals surface area contributed by atoms with Crippen LogP contribution in [0.1, 0.15) is 71.3 Å². The maximum absolute atomic E-state index is 14.1. The van der Waals surface area contributed by atoms with Crippen LogP contribution >= 0.6 is 0 Å². The Labute approximate surface area is 311 Å². The Kier molecular flexibility index (Phi) is 10.8. The van der Waals surface area contributed by atoms with Crippen molar-refractivity contribution in [3.8, 4) is 22.8 Å². The summed E-state index contributed by atoms with van der Waals surface area (Å²) < 4.78 is 41.2. The molecule has 0 spiro atoms.